The Balaban J connectivity index is 1.29. The number of nitrogens with one attached hydrogen (secondary N) is 2. The standard InChI is InChI=1S/C41H55N5O7S/c1-23-17-33(54-10)32(38(48)44-23)20-43-37(47)30-18-31(27-11-16-34(42-19-27)46-21-24(2)50-25(3)22-46)36-35(26(30)4)51-41(8,52-36)28-12-14-29(15-13-28)45(9)39(49)53-40(5,6)7/h11,16-19,24-25,28-29H,12-15,20-22H2,1-10H3,(H,43,47)(H,44,48)/t24-,25+,28?,29?,41?. The van der Waals surface area contributed by atoms with Gasteiger partial charge in [-0.3, -0.25) is 9.59 Å². The molecule has 1 aromatic carbocycles. The summed E-state index contributed by atoms with van der Waals surface area (Å²) in [5.41, 5.74) is 3.04. The topological polar surface area (TPSA) is 135 Å². The zero-order valence-corrected chi connectivity index (χ0v) is 34.1. The highest BCUT2D eigenvalue weighted by Crippen LogP contribution is 2.53. The number of fused-ring (bicyclic) bond motifs is 1. The molecule has 1 saturated carbocycles. The smallest absolute Gasteiger partial charge is 0.410 e. The number of amides is 2. The average molecular weight is 762 g/mol. The van der Waals surface area contributed by atoms with Gasteiger partial charge >= 0.3 is 6.09 Å². The van der Waals surface area contributed by atoms with Gasteiger partial charge in [-0.25, -0.2) is 9.78 Å². The molecular weight excluding hydrogens is 707 g/mol. The minimum atomic E-state index is -0.998. The van der Waals surface area contributed by atoms with Crippen LogP contribution in [0.4, 0.5) is 10.6 Å². The number of morpholine rings is 1. The van der Waals surface area contributed by atoms with E-state index in [0.29, 0.717) is 33.8 Å². The van der Waals surface area contributed by atoms with E-state index in [9.17, 15) is 14.4 Å². The third-order valence-electron chi connectivity index (χ3n) is 10.7. The van der Waals surface area contributed by atoms with E-state index in [1.165, 1.54) is 11.8 Å². The number of rotatable bonds is 8. The molecule has 1 aliphatic carbocycles. The normalized spacial score (nSPS) is 23.9. The fourth-order valence-electron chi connectivity index (χ4n) is 7.87. The molecule has 3 aliphatic rings. The van der Waals surface area contributed by atoms with Gasteiger partial charge in [-0.1, -0.05) is 0 Å². The molecule has 292 valence electrons. The minimum Gasteiger partial charge on any atom is -0.448 e. The number of benzene rings is 1. The first-order valence-electron chi connectivity index (χ1n) is 18.9. The van der Waals surface area contributed by atoms with E-state index >= 15 is 0 Å². The van der Waals surface area contributed by atoms with E-state index in [1.54, 1.807) is 11.9 Å². The highest BCUT2D eigenvalue weighted by Gasteiger charge is 2.48. The molecular formula is C41H55N5O7S. The molecule has 2 N–H and O–H groups in total. The molecule has 3 atom stereocenters. The number of anilines is 1. The summed E-state index contributed by atoms with van der Waals surface area (Å²) in [6, 6.07) is 7.81. The Kier molecular flexibility index (Phi) is 11.3. The number of hydrogen-bond acceptors (Lipinski definition) is 10. The highest BCUT2D eigenvalue weighted by molar-refractivity contribution is 7.98. The van der Waals surface area contributed by atoms with E-state index in [1.807, 2.05) is 78.3 Å². The van der Waals surface area contributed by atoms with Crippen LogP contribution in [0.3, 0.4) is 0 Å². The zero-order chi connectivity index (χ0) is 39.1. The Labute approximate surface area is 322 Å². The molecule has 13 heteroatoms. The maximum absolute atomic E-state index is 14.0. The molecule has 12 nitrogen and oxygen atoms in total. The van der Waals surface area contributed by atoms with Gasteiger partial charge in [-0.2, -0.15) is 0 Å². The summed E-state index contributed by atoms with van der Waals surface area (Å²) in [5, 5.41) is 3.00. The van der Waals surface area contributed by atoms with E-state index in [0.717, 1.165) is 60.7 Å². The first kappa shape index (κ1) is 39.5. The lowest BCUT2D eigenvalue weighted by molar-refractivity contribution is -0.123. The Bertz CT molecular complexity index is 1930. The summed E-state index contributed by atoms with van der Waals surface area (Å²) < 4.78 is 25.2. The summed E-state index contributed by atoms with van der Waals surface area (Å²) in [7, 11) is 1.80. The number of pyridine rings is 2. The van der Waals surface area contributed by atoms with Crippen LogP contribution in [-0.4, -0.2) is 82.9 Å². The number of carbonyl (C=O) groups excluding carboxylic acids is 2. The lowest BCUT2D eigenvalue weighted by Gasteiger charge is -2.40. The predicted molar refractivity (Wildman–Crippen MR) is 211 cm³/mol. The number of aromatic amines is 1. The van der Waals surface area contributed by atoms with Crippen LogP contribution in [-0.2, 0) is 16.0 Å². The van der Waals surface area contributed by atoms with Gasteiger partial charge in [0.15, 0.2) is 11.5 Å². The molecule has 6 rings (SSSR count). The van der Waals surface area contributed by atoms with Gasteiger partial charge in [0.05, 0.1) is 12.2 Å². The number of carbonyl (C=O) groups is 2. The molecule has 2 aliphatic heterocycles. The van der Waals surface area contributed by atoms with Crippen molar-refractivity contribution in [3.05, 3.63) is 63.2 Å². The SMILES string of the molecule is CSc1cc(C)[nH]c(=O)c1CNC(=O)c1cc(-c2ccc(N3C[C@@H](C)O[C@@H](C)C3)nc2)c2c(c1C)OC(C)(C1CCC(N(C)C(=O)OC(C)(C)C)CC1)O2. The Morgan fingerprint density at radius 3 is 2.35 bits per heavy atom. The monoisotopic (exact) mass is 761 g/mol. The van der Waals surface area contributed by atoms with Crippen LogP contribution in [0.2, 0.25) is 0 Å². The average Bonchev–Trinajstić information content (AvgIpc) is 3.48. The summed E-state index contributed by atoms with van der Waals surface area (Å²) >= 11 is 1.47. The van der Waals surface area contributed by atoms with Crippen molar-refractivity contribution in [2.75, 3.05) is 31.3 Å². The number of aryl methyl sites for hydroxylation is 1. The first-order valence-corrected chi connectivity index (χ1v) is 20.1. The second-order valence-corrected chi connectivity index (χ2v) is 17.0. The molecule has 2 amide bonds. The quantitative estimate of drug-likeness (QED) is 0.227. The van der Waals surface area contributed by atoms with Crippen LogP contribution < -0.4 is 25.2 Å². The Morgan fingerprint density at radius 1 is 1.07 bits per heavy atom. The van der Waals surface area contributed by atoms with Crippen LogP contribution in [0.1, 0.15) is 94.4 Å². The van der Waals surface area contributed by atoms with Crippen molar-refractivity contribution in [2.24, 2.45) is 5.92 Å². The second kappa shape index (κ2) is 15.5. The Morgan fingerprint density at radius 2 is 1.74 bits per heavy atom. The lowest BCUT2D eigenvalue weighted by Crippen LogP contribution is -2.48. The molecule has 54 heavy (non-hydrogen) atoms. The molecule has 0 bridgehead atoms. The fraction of sp³-hybridized carbons (Fsp3) is 0.561. The number of thioether (sulfide) groups is 1. The van der Waals surface area contributed by atoms with Crippen molar-refractivity contribution in [1.29, 1.82) is 0 Å². The number of ether oxygens (including phenoxy) is 4. The molecule has 2 fully saturated rings. The summed E-state index contributed by atoms with van der Waals surface area (Å²) in [6.07, 6.45) is 6.70. The largest absolute Gasteiger partial charge is 0.448 e. The summed E-state index contributed by atoms with van der Waals surface area (Å²) in [4.78, 5) is 52.2. The van der Waals surface area contributed by atoms with Gasteiger partial charge in [0.1, 0.15) is 11.4 Å². The first-order chi connectivity index (χ1) is 25.5. The van der Waals surface area contributed by atoms with Crippen LogP contribution >= 0.6 is 11.8 Å². The second-order valence-electron chi connectivity index (χ2n) is 16.2. The van der Waals surface area contributed by atoms with Crippen LogP contribution in [0.15, 0.2) is 40.2 Å². The maximum atomic E-state index is 14.0. The summed E-state index contributed by atoms with van der Waals surface area (Å²) in [5.74, 6) is 0.649. The Hall–Kier alpha value is -4.23. The van der Waals surface area contributed by atoms with Gasteiger partial charge in [-0.05, 0) is 105 Å². The van der Waals surface area contributed by atoms with Crippen molar-refractivity contribution in [3.8, 4) is 22.6 Å². The number of H-pyrrole nitrogens is 1. The van der Waals surface area contributed by atoms with Gasteiger partial charge in [0.2, 0.25) is 0 Å². The fourth-order valence-corrected chi connectivity index (χ4v) is 8.57. The number of aromatic nitrogens is 2. The third kappa shape index (κ3) is 8.36. The zero-order valence-electron chi connectivity index (χ0n) is 33.3. The van der Waals surface area contributed by atoms with E-state index in [4.69, 9.17) is 23.9 Å². The molecule has 0 radical (unpaired) electrons. The van der Waals surface area contributed by atoms with Crippen molar-refractivity contribution in [1.82, 2.24) is 20.2 Å². The predicted octanol–water partition coefficient (Wildman–Crippen LogP) is 7.23. The molecule has 0 spiro atoms. The van der Waals surface area contributed by atoms with Crippen molar-refractivity contribution < 1.29 is 28.5 Å². The van der Waals surface area contributed by atoms with Crippen LogP contribution in [0, 0.1) is 19.8 Å². The van der Waals surface area contributed by atoms with E-state index < -0.39 is 11.4 Å². The highest BCUT2D eigenvalue weighted by atomic mass is 32.2. The molecule has 1 saturated heterocycles. The van der Waals surface area contributed by atoms with Crippen LogP contribution in [0.5, 0.6) is 11.5 Å². The van der Waals surface area contributed by atoms with Gasteiger partial charge in [0.25, 0.3) is 17.3 Å². The van der Waals surface area contributed by atoms with Gasteiger partial charge in [0, 0.05) is 90.2 Å². The molecule has 4 heterocycles. The maximum Gasteiger partial charge on any atom is 0.410 e. The molecule has 2 aromatic heterocycles. The summed E-state index contributed by atoms with van der Waals surface area (Å²) in [6.45, 7) is 17.0. The number of hydrogen-bond donors (Lipinski definition) is 2. The van der Waals surface area contributed by atoms with Gasteiger partial charge < -0.3 is 39.0 Å². The molecule has 3 aromatic rings. The van der Waals surface area contributed by atoms with Gasteiger partial charge in [-0.15, -0.1) is 11.8 Å². The third-order valence-corrected chi connectivity index (χ3v) is 11.5. The lowest BCUT2D eigenvalue weighted by atomic mass is 9.81. The van der Waals surface area contributed by atoms with Crippen LogP contribution in [0.25, 0.3) is 11.1 Å². The van der Waals surface area contributed by atoms with E-state index in [-0.39, 0.29) is 48.3 Å². The van der Waals surface area contributed by atoms with Crippen molar-refractivity contribution >= 4 is 29.6 Å². The molecule has 1 unspecified atom stereocenters. The van der Waals surface area contributed by atoms with Crippen molar-refractivity contribution in [3.63, 3.8) is 0 Å². The van der Waals surface area contributed by atoms with Crippen molar-refractivity contribution in [2.45, 2.75) is 122 Å². The minimum absolute atomic E-state index is 0.0294. The number of nitrogens with zero attached hydrogens (tertiary/aromatic N) is 3. The van der Waals surface area contributed by atoms with E-state index in [2.05, 4.69) is 29.0 Å².